The van der Waals surface area contributed by atoms with Crippen LogP contribution in [0.2, 0.25) is 0 Å². The maximum absolute atomic E-state index is 8.88. The fraction of sp³-hybridized carbons (Fsp3) is 1.00. The van der Waals surface area contributed by atoms with Gasteiger partial charge in [0.05, 0.1) is 26.4 Å². The van der Waals surface area contributed by atoms with Crippen LogP contribution in [0.1, 0.15) is 0 Å². The summed E-state index contributed by atoms with van der Waals surface area (Å²) >= 11 is 0. The monoisotopic (exact) mass is 282 g/mol. The van der Waals surface area contributed by atoms with E-state index in [0.29, 0.717) is 0 Å². The van der Waals surface area contributed by atoms with Gasteiger partial charge < -0.3 is 45.3 Å². The molecule has 0 aliphatic heterocycles. The van der Waals surface area contributed by atoms with E-state index in [1.165, 1.54) is 0 Å². The molecule has 0 amide bonds. The fourth-order valence-electron chi connectivity index (χ4n) is 0.115. The molecule has 0 aliphatic carbocycles. The lowest BCUT2D eigenvalue weighted by atomic mass is 10.4. The van der Waals surface area contributed by atoms with Crippen LogP contribution in [0.15, 0.2) is 0 Å². The van der Waals surface area contributed by atoms with Crippen molar-refractivity contribution >= 4 is 7.82 Å². The fourth-order valence-corrected chi connectivity index (χ4v) is 0.115. The third-order valence-corrected chi connectivity index (χ3v) is 0.843. The molecule has 0 bridgehead atoms. The largest absolute Gasteiger partial charge is 0.466 e. The Balaban J connectivity index is -0.000000174. The van der Waals surface area contributed by atoms with Crippen molar-refractivity contribution in [2.24, 2.45) is 0 Å². The summed E-state index contributed by atoms with van der Waals surface area (Å²) in [5.41, 5.74) is 0. The smallest absolute Gasteiger partial charge is 0.394 e. The first kappa shape index (κ1) is 22.1. The summed E-state index contributed by atoms with van der Waals surface area (Å²) in [6, 6.07) is 0. The van der Waals surface area contributed by atoms with Crippen LogP contribution in [0.4, 0.5) is 0 Å². The van der Waals surface area contributed by atoms with Crippen molar-refractivity contribution < 1.29 is 49.9 Å². The average Bonchev–Trinajstić information content (AvgIpc) is 2.25. The highest BCUT2D eigenvalue weighted by Crippen LogP contribution is 2.25. The highest BCUT2D eigenvalue weighted by atomic mass is 31.2. The topological polar surface area (TPSA) is 199 Å². The third-order valence-electron chi connectivity index (χ3n) is 0.843. The maximum atomic E-state index is 8.88. The van der Waals surface area contributed by atoms with Crippen molar-refractivity contribution in [3.63, 3.8) is 0 Å². The number of hydrogen-bond acceptors (Lipinski definition) is 7. The first-order valence-electron chi connectivity index (χ1n) is 4.20. The lowest BCUT2D eigenvalue weighted by Gasteiger charge is -1.96. The Hall–Kier alpha value is -0.130. The van der Waals surface area contributed by atoms with Crippen molar-refractivity contribution in [1.82, 2.24) is 0 Å². The Morgan fingerprint density at radius 1 is 0.706 bits per heavy atom. The van der Waals surface area contributed by atoms with Crippen molar-refractivity contribution in [2.75, 3.05) is 26.4 Å². The van der Waals surface area contributed by atoms with E-state index in [1.54, 1.807) is 0 Å². The summed E-state index contributed by atoms with van der Waals surface area (Å²) in [4.78, 5) is 21.6. The molecule has 108 valence electrons. The molecule has 0 rings (SSSR count). The van der Waals surface area contributed by atoms with Gasteiger partial charge in [-0.05, 0) is 0 Å². The van der Waals surface area contributed by atoms with Crippen molar-refractivity contribution in [2.45, 2.75) is 12.2 Å². The summed E-state index contributed by atoms with van der Waals surface area (Å²) < 4.78 is 8.88. The summed E-state index contributed by atoms with van der Waals surface area (Å²) in [5.74, 6) is 0. The zero-order valence-corrected chi connectivity index (χ0v) is 9.76. The SMILES string of the molecule is O=P(O)(O)O.OCC(O)CO.OCC(O)CO. The van der Waals surface area contributed by atoms with E-state index in [9.17, 15) is 0 Å². The van der Waals surface area contributed by atoms with Gasteiger partial charge >= 0.3 is 7.82 Å². The van der Waals surface area contributed by atoms with Gasteiger partial charge in [-0.2, -0.15) is 0 Å². The van der Waals surface area contributed by atoms with E-state index in [4.69, 9.17) is 49.9 Å². The molecule has 0 saturated carbocycles. The standard InChI is InChI=1S/2C3H8O3.H3O4P/c2*4-1-3(6)2-5;1-5(2,3)4/h2*3-6H,1-2H2;(H3,1,2,3,4). The summed E-state index contributed by atoms with van der Waals surface area (Å²) in [7, 11) is -4.64. The molecule has 0 aliphatic rings. The predicted molar refractivity (Wildman–Crippen MR) is 54.6 cm³/mol. The van der Waals surface area contributed by atoms with Crippen LogP contribution in [0, 0.1) is 0 Å². The lowest BCUT2D eigenvalue weighted by molar-refractivity contribution is 0.0450. The van der Waals surface area contributed by atoms with Crippen LogP contribution < -0.4 is 0 Å². The quantitative estimate of drug-likeness (QED) is 0.227. The number of aliphatic hydroxyl groups is 6. The van der Waals surface area contributed by atoms with Crippen LogP contribution in [-0.2, 0) is 4.57 Å². The van der Waals surface area contributed by atoms with E-state index in [-0.39, 0.29) is 26.4 Å². The van der Waals surface area contributed by atoms with E-state index < -0.39 is 20.0 Å². The third kappa shape index (κ3) is 49.3. The van der Waals surface area contributed by atoms with Gasteiger partial charge in [0, 0.05) is 0 Å². The second-order valence-electron chi connectivity index (χ2n) is 2.55. The molecule has 0 fully saturated rings. The minimum Gasteiger partial charge on any atom is -0.394 e. The van der Waals surface area contributed by atoms with E-state index in [2.05, 4.69) is 0 Å². The summed E-state index contributed by atoms with van der Waals surface area (Å²) in [6.07, 6.45) is -1.91. The van der Waals surface area contributed by atoms with Gasteiger partial charge in [-0.1, -0.05) is 0 Å². The van der Waals surface area contributed by atoms with E-state index in [1.807, 2.05) is 0 Å². The van der Waals surface area contributed by atoms with Gasteiger partial charge in [-0.25, -0.2) is 4.57 Å². The first-order chi connectivity index (χ1) is 7.62. The van der Waals surface area contributed by atoms with Crippen molar-refractivity contribution in [3.8, 4) is 0 Å². The second-order valence-corrected chi connectivity index (χ2v) is 3.58. The first-order valence-corrected chi connectivity index (χ1v) is 5.76. The van der Waals surface area contributed by atoms with Crippen LogP contribution in [0.3, 0.4) is 0 Å². The number of aliphatic hydroxyl groups excluding tert-OH is 6. The Bertz CT molecular complexity index is 155. The Kier molecular flexibility index (Phi) is 18.1. The summed E-state index contributed by atoms with van der Waals surface area (Å²) in [5, 5.41) is 48.0. The molecular weight excluding hydrogens is 263 g/mol. The number of phosphoric acid groups is 1. The molecule has 0 aromatic heterocycles. The Labute approximate surface area is 97.3 Å². The molecule has 10 nitrogen and oxygen atoms in total. The number of hydrogen-bond donors (Lipinski definition) is 9. The molecule has 11 heteroatoms. The van der Waals surface area contributed by atoms with Crippen LogP contribution >= 0.6 is 7.82 Å². The van der Waals surface area contributed by atoms with Crippen molar-refractivity contribution in [1.29, 1.82) is 0 Å². The highest BCUT2D eigenvalue weighted by Gasteiger charge is 2.00. The zero-order valence-electron chi connectivity index (χ0n) is 8.86. The molecule has 0 radical (unpaired) electrons. The van der Waals surface area contributed by atoms with E-state index >= 15 is 0 Å². The van der Waals surface area contributed by atoms with Crippen molar-refractivity contribution in [3.05, 3.63) is 0 Å². The molecule has 0 unspecified atom stereocenters. The van der Waals surface area contributed by atoms with Gasteiger partial charge in [0.25, 0.3) is 0 Å². The van der Waals surface area contributed by atoms with E-state index in [0.717, 1.165) is 0 Å². The minimum atomic E-state index is -4.64. The molecule has 0 heterocycles. The van der Waals surface area contributed by atoms with Gasteiger partial charge in [0.15, 0.2) is 0 Å². The minimum absolute atomic E-state index is 0.365. The highest BCUT2D eigenvalue weighted by molar-refractivity contribution is 7.45. The Morgan fingerprint density at radius 2 is 0.824 bits per heavy atom. The zero-order chi connectivity index (χ0) is 14.5. The van der Waals surface area contributed by atoms with Gasteiger partial charge in [0.1, 0.15) is 12.2 Å². The lowest BCUT2D eigenvalue weighted by Crippen LogP contribution is -2.15. The average molecular weight is 282 g/mol. The van der Waals surface area contributed by atoms with Gasteiger partial charge in [0.2, 0.25) is 0 Å². The van der Waals surface area contributed by atoms with Crippen LogP contribution in [0.25, 0.3) is 0 Å². The van der Waals surface area contributed by atoms with Crippen LogP contribution in [-0.4, -0.2) is 84.0 Å². The Morgan fingerprint density at radius 3 is 0.824 bits per heavy atom. The molecule has 0 atom stereocenters. The second kappa shape index (κ2) is 13.9. The molecule has 0 aromatic rings. The van der Waals surface area contributed by atoms with Gasteiger partial charge in [-0.15, -0.1) is 0 Å². The predicted octanol–water partition coefficient (Wildman–Crippen LogP) is -4.26. The maximum Gasteiger partial charge on any atom is 0.466 e. The van der Waals surface area contributed by atoms with Crippen LogP contribution in [0.5, 0.6) is 0 Å². The van der Waals surface area contributed by atoms with Gasteiger partial charge in [-0.3, -0.25) is 0 Å². The molecule has 0 saturated heterocycles. The molecule has 9 N–H and O–H groups in total. The molecule has 17 heavy (non-hydrogen) atoms. The number of rotatable bonds is 4. The normalized spacial score (nSPS) is 10.5. The molecule has 0 aromatic carbocycles. The molecular formula is C6H19O10P. The summed E-state index contributed by atoms with van der Waals surface area (Å²) in [6.45, 7) is -1.46. The molecule has 0 spiro atoms.